The fourth-order valence-corrected chi connectivity index (χ4v) is 3.07. The minimum Gasteiger partial charge on any atom is -0.443 e. The van der Waals surface area contributed by atoms with Crippen LogP contribution in [-0.2, 0) is 9.47 Å². The maximum Gasteiger partial charge on any atom is 0.414 e. The van der Waals surface area contributed by atoms with Gasteiger partial charge in [-0.05, 0) is 32.9 Å². The van der Waals surface area contributed by atoms with Crippen LogP contribution in [0.1, 0.15) is 20.8 Å². The van der Waals surface area contributed by atoms with Crippen molar-refractivity contribution in [1.29, 1.82) is 0 Å². The summed E-state index contributed by atoms with van der Waals surface area (Å²) in [7, 11) is 0. The summed E-state index contributed by atoms with van der Waals surface area (Å²) >= 11 is 0. The van der Waals surface area contributed by atoms with Crippen LogP contribution in [-0.4, -0.2) is 57.1 Å². The first kappa shape index (κ1) is 17.9. The molecule has 0 saturated carbocycles. The molecule has 1 aromatic rings. The summed E-state index contributed by atoms with van der Waals surface area (Å²) in [6, 6.07) is 4.83. The van der Waals surface area contributed by atoms with Crippen molar-refractivity contribution in [3.8, 4) is 0 Å². The molecule has 0 bridgehead atoms. The molecule has 2 aliphatic rings. The Hall–Kier alpha value is -1.86. The second kappa shape index (κ2) is 7.17. The summed E-state index contributed by atoms with van der Waals surface area (Å²) in [4.78, 5) is 15.8. The highest BCUT2D eigenvalue weighted by Crippen LogP contribution is 2.35. The zero-order valence-electron chi connectivity index (χ0n) is 15.0. The first-order chi connectivity index (χ1) is 11.8. The molecule has 0 radical (unpaired) electrons. The van der Waals surface area contributed by atoms with Crippen molar-refractivity contribution in [2.75, 3.05) is 49.2 Å². The summed E-state index contributed by atoms with van der Waals surface area (Å²) in [6.45, 7) is 9.46. The van der Waals surface area contributed by atoms with E-state index in [2.05, 4.69) is 26.1 Å². The number of anilines is 2. The van der Waals surface area contributed by atoms with E-state index in [-0.39, 0.29) is 17.5 Å². The van der Waals surface area contributed by atoms with Crippen molar-refractivity contribution < 1.29 is 18.7 Å². The van der Waals surface area contributed by atoms with E-state index in [1.54, 1.807) is 12.1 Å². The molecule has 2 saturated heterocycles. The van der Waals surface area contributed by atoms with E-state index in [1.807, 2.05) is 4.90 Å². The number of benzene rings is 1. The zero-order valence-corrected chi connectivity index (χ0v) is 15.0. The van der Waals surface area contributed by atoms with E-state index in [1.165, 1.54) is 11.0 Å². The molecule has 2 heterocycles. The minimum atomic E-state index is -0.430. The highest BCUT2D eigenvalue weighted by atomic mass is 19.1. The Morgan fingerprint density at radius 2 is 2.00 bits per heavy atom. The van der Waals surface area contributed by atoms with E-state index < -0.39 is 6.09 Å². The van der Waals surface area contributed by atoms with Crippen LogP contribution in [0.15, 0.2) is 18.2 Å². The Kier molecular flexibility index (Phi) is 5.15. The van der Waals surface area contributed by atoms with Crippen molar-refractivity contribution in [2.24, 2.45) is 0 Å². The molecule has 6 nitrogen and oxygen atoms in total. The zero-order chi connectivity index (χ0) is 18.0. The quantitative estimate of drug-likeness (QED) is 0.903. The number of carbonyl (C=O) groups is 1. The number of carbonyl (C=O) groups excluding carboxylic acids is 1. The second-order valence-corrected chi connectivity index (χ2v) is 7.45. The van der Waals surface area contributed by atoms with E-state index in [9.17, 15) is 9.18 Å². The van der Waals surface area contributed by atoms with Crippen molar-refractivity contribution >= 4 is 17.5 Å². The summed E-state index contributed by atoms with van der Waals surface area (Å²) in [5.74, 6) is -0.330. The molecule has 25 heavy (non-hydrogen) atoms. The van der Waals surface area contributed by atoms with Crippen LogP contribution in [0, 0.1) is 5.82 Å². The number of hydrogen-bond donors (Lipinski definition) is 1. The number of ether oxygens (including phenoxy) is 2. The van der Waals surface area contributed by atoms with Crippen LogP contribution in [0.2, 0.25) is 0 Å². The van der Waals surface area contributed by atoms with Crippen LogP contribution in [0.3, 0.4) is 0 Å². The van der Waals surface area contributed by atoms with E-state index in [4.69, 9.17) is 9.47 Å². The predicted octanol–water partition coefficient (Wildman–Crippen LogP) is 2.38. The summed E-state index contributed by atoms with van der Waals surface area (Å²) in [6.07, 6.45) is -0.687. The van der Waals surface area contributed by atoms with Gasteiger partial charge in [-0.2, -0.15) is 0 Å². The molecular weight excluding hydrogens is 325 g/mol. The van der Waals surface area contributed by atoms with Crippen LogP contribution in [0.5, 0.6) is 0 Å². The summed E-state index contributed by atoms with van der Waals surface area (Å²) in [5, 5.41) is 3.34. The molecule has 2 fully saturated rings. The van der Waals surface area contributed by atoms with Gasteiger partial charge in [0.25, 0.3) is 0 Å². The van der Waals surface area contributed by atoms with Gasteiger partial charge in [0, 0.05) is 25.2 Å². The van der Waals surface area contributed by atoms with Gasteiger partial charge in [0.05, 0.1) is 31.1 Å². The molecule has 0 aromatic heterocycles. The topological polar surface area (TPSA) is 54.0 Å². The number of amides is 1. The normalized spacial score (nSPS) is 21.6. The van der Waals surface area contributed by atoms with Crippen molar-refractivity contribution in [3.05, 3.63) is 24.0 Å². The van der Waals surface area contributed by atoms with E-state index in [0.29, 0.717) is 50.8 Å². The van der Waals surface area contributed by atoms with Gasteiger partial charge >= 0.3 is 6.09 Å². The first-order valence-electron chi connectivity index (χ1n) is 8.69. The van der Waals surface area contributed by atoms with Crippen LogP contribution >= 0.6 is 0 Å². The lowest BCUT2D eigenvalue weighted by Crippen LogP contribution is -2.42. The molecule has 0 aliphatic carbocycles. The third-order valence-electron chi connectivity index (χ3n) is 4.32. The number of hydrogen-bond acceptors (Lipinski definition) is 5. The predicted molar refractivity (Wildman–Crippen MR) is 94.8 cm³/mol. The smallest absolute Gasteiger partial charge is 0.414 e. The molecule has 138 valence electrons. The SMILES string of the molecule is CC(C)(C)NCC1CN(c2cccc(F)c2N2CCOCC2)C(=O)O1. The molecule has 0 spiro atoms. The van der Waals surface area contributed by atoms with Crippen molar-refractivity contribution in [1.82, 2.24) is 5.32 Å². The maximum absolute atomic E-state index is 14.5. The van der Waals surface area contributed by atoms with Gasteiger partial charge in [-0.15, -0.1) is 0 Å². The van der Waals surface area contributed by atoms with Gasteiger partial charge in [-0.25, -0.2) is 9.18 Å². The molecule has 1 amide bonds. The van der Waals surface area contributed by atoms with Gasteiger partial charge in [0.1, 0.15) is 11.9 Å². The lowest BCUT2D eigenvalue weighted by Gasteiger charge is -2.32. The van der Waals surface area contributed by atoms with Gasteiger partial charge in [0.2, 0.25) is 0 Å². The highest BCUT2D eigenvalue weighted by molar-refractivity contribution is 5.94. The largest absolute Gasteiger partial charge is 0.443 e. The number of rotatable bonds is 4. The van der Waals surface area contributed by atoms with Gasteiger partial charge in [-0.1, -0.05) is 6.07 Å². The Balaban J connectivity index is 1.79. The third kappa shape index (κ3) is 4.22. The highest BCUT2D eigenvalue weighted by Gasteiger charge is 2.35. The Morgan fingerprint density at radius 1 is 1.28 bits per heavy atom. The molecule has 1 unspecified atom stereocenters. The van der Waals surface area contributed by atoms with Crippen LogP contribution in [0.25, 0.3) is 0 Å². The van der Waals surface area contributed by atoms with Crippen molar-refractivity contribution in [3.63, 3.8) is 0 Å². The third-order valence-corrected chi connectivity index (χ3v) is 4.32. The molecule has 1 aromatic carbocycles. The van der Waals surface area contributed by atoms with Gasteiger partial charge in [0.15, 0.2) is 0 Å². The standard InChI is InChI=1S/C18H26FN3O3/c1-18(2,3)20-11-13-12-22(17(23)25-13)15-6-4-5-14(19)16(15)21-7-9-24-10-8-21/h4-6,13,20H,7-12H2,1-3H3. The first-order valence-corrected chi connectivity index (χ1v) is 8.69. The Bertz CT molecular complexity index is 626. The van der Waals surface area contributed by atoms with E-state index >= 15 is 0 Å². The second-order valence-electron chi connectivity index (χ2n) is 7.45. The molecular formula is C18H26FN3O3. The summed E-state index contributed by atoms with van der Waals surface area (Å²) in [5.41, 5.74) is 0.954. The number of cyclic esters (lactones) is 1. The number of nitrogens with one attached hydrogen (secondary N) is 1. The Morgan fingerprint density at radius 3 is 2.68 bits per heavy atom. The molecule has 1 N–H and O–H groups in total. The molecule has 1 atom stereocenters. The minimum absolute atomic E-state index is 0.0579. The number of morpholine rings is 1. The van der Waals surface area contributed by atoms with Crippen LogP contribution < -0.4 is 15.1 Å². The monoisotopic (exact) mass is 351 g/mol. The maximum atomic E-state index is 14.5. The molecule has 3 rings (SSSR count). The lowest BCUT2D eigenvalue weighted by molar-refractivity contribution is 0.122. The molecule has 2 aliphatic heterocycles. The number of nitrogens with zero attached hydrogens (tertiary/aromatic N) is 2. The van der Waals surface area contributed by atoms with Crippen molar-refractivity contribution in [2.45, 2.75) is 32.4 Å². The Labute approximate surface area is 147 Å². The lowest BCUT2D eigenvalue weighted by atomic mass is 10.1. The fraction of sp³-hybridized carbons (Fsp3) is 0.611. The summed E-state index contributed by atoms with van der Waals surface area (Å²) < 4.78 is 25.4. The van der Waals surface area contributed by atoms with Gasteiger partial charge in [-0.3, -0.25) is 4.90 Å². The number of halogens is 1. The molecule has 7 heteroatoms. The average Bonchev–Trinajstić information content (AvgIpc) is 2.94. The number of para-hydroxylation sites is 1. The fourth-order valence-electron chi connectivity index (χ4n) is 3.07. The van der Waals surface area contributed by atoms with Gasteiger partial charge < -0.3 is 19.7 Å². The van der Waals surface area contributed by atoms with E-state index in [0.717, 1.165) is 0 Å². The van der Waals surface area contributed by atoms with Crippen LogP contribution in [0.4, 0.5) is 20.6 Å². The average molecular weight is 351 g/mol.